The molecule has 1 aliphatic rings. The van der Waals surface area contributed by atoms with Gasteiger partial charge in [-0.2, -0.15) is 0 Å². The number of β-amino-alcohol motifs (C(OH)–C–C–N with tert-alkyl or cyclic N) is 1. The summed E-state index contributed by atoms with van der Waals surface area (Å²) in [6.45, 7) is 1.23. The summed E-state index contributed by atoms with van der Waals surface area (Å²) in [5.41, 5.74) is 1.89. The van der Waals surface area contributed by atoms with Crippen molar-refractivity contribution in [1.82, 2.24) is 14.9 Å². The fourth-order valence-electron chi connectivity index (χ4n) is 2.76. The molecule has 3 rings (SSSR count). The maximum Gasteiger partial charge on any atom is 0.123 e. The van der Waals surface area contributed by atoms with Crippen molar-refractivity contribution in [3.8, 4) is 0 Å². The minimum absolute atomic E-state index is 0.0286. The van der Waals surface area contributed by atoms with Crippen molar-refractivity contribution in [2.45, 2.75) is 25.1 Å². The van der Waals surface area contributed by atoms with E-state index < -0.39 is 0 Å². The highest BCUT2D eigenvalue weighted by Gasteiger charge is 2.32. The lowest BCUT2D eigenvalue weighted by Gasteiger charge is -2.24. The molecule has 1 N–H and O–H groups in total. The fourth-order valence-corrected chi connectivity index (χ4v) is 2.76. The average Bonchev–Trinajstić information content (AvgIpc) is 2.81. The van der Waals surface area contributed by atoms with Gasteiger partial charge in [-0.25, -0.2) is 14.4 Å². The second kappa shape index (κ2) is 5.64. The van der Waals surface area contributed by atoms with E-state index in [1.807, 2.05) is 6.07 Å². The first kappa shape index (κ1) is 13.1. The Labute approximate surface area is 116 Å². The zero-order chi connectivity index (χ0) is 13.9. The van der Waals surface area contributed by atoms with E-state index in [1.165, 1.54) is 18.5 Å². The third-order valence-electron chi connectivity index (χ3n) is 3.61. The van der Waals surface area contributed by atoms with Gasteiger partial charge >= 0.3 is 0 Å². The molecule has 5 heteroatoms. The number of likely N-dealkylation sites (tertiary alicyclic amines) is 1. The van der Waals surface area contributed by atoms with Gasteiger partial charge in [0, 0.05) is 37.1 Å². The number of aliphatic hydroxyl groups is 1. The third kappa shape index (κ3) is 2.84. The van der Waals surface area contributed by atoms with Crippen LogP contribution in [0.4, 0.5) is 4.39 Å². The summed E-state index contributed by atoms with van der Waals surface area (Å²) < 4.78 is 13.4. The van der Waals surface area contributed by atoms with Gasteiger partial charge in [-0.15, -0.1) is 0 Å². The Hall–Kier alpha value is -1.85. The van der Waals surface area contributed by atoms with Crippen molar-refractivity contribution in [2.75, 3.05) is 6.54 Å². The van der Waals surface area contributed by atoms with E-state index in [0.29, 0.717) is 19.5 Å². The quantitative estimate of drug-likeness (QED) is 0.928. The average molecular weight is 273 g/mol. The van der Waals surface area contributed by atoms with E-state index in [9.17, 15) is 9.50 Å². The van der Waals surface area contributed by atoms with Crippen LogP contribution in [0.3, 0.4) is 0 Å². The maximum atomic E-state index is 13.4. The molecule has 0 amide bonds. The molecule has 20 heavy (non-hydrogen) atoms. The number of aromatic nitrogens is 2. The highest BCUT2D eigenvalue weighted by Crippen LogP contribution is 2.33. The predicted molar refractivity (Wildman–Crippen MR) is 72.2 cm³/mol. The number of rotatable bonds is 3. The molecular formula is C15H16FN3O. The summed E-state index contributed by atoms with van der Waals surface area (Å²) in [4.78, 5) is 10.1. The molecule has 0 radical (unpaired) electrons. The first-order valence-electron chi connectivity index (χ1n) is 6.64. The van der Waals surface area contributed by atoms with Crippen LogP contribution in [0.2, 0.25) is 0 Å². The number of hydrogen-bond donors (Lipinski definition) is 1. The number of hydrogen-bond acceptors (Lipinski definition) is 4. The molecule has 0 spiro atoms. The van der Waals surface area contributed by atoms with Gasteiger partial charge in [-0.05, 0) is 24.1 Å². The van der Waals surface area contributed by atoms with Gasteiger partial charge in [0.25, 0.3) is 0 Å². The maximum absolute atomic E-state index is 13.4. The summed E-state index contributed by atoms with van der Waals surface area (Å²) in [7, 11) is 0. The van der Waals surface area contributed by atoms with Crippen LogP contribution < -0.4 is 0 Å². The lowest BCUT2D eigenvalue weighted by atomic mass is 10.0. The molecule has 0 bridgehead atoms. The molecule has 2 atom stereocenters. The summed E-state index contributed by atoms with van der Waals surface area (Å²) >= 11 is 0. The Morgan fingerprint density at radius 1 is 1.30 bits per heavy atom. The van der Waals surface area contributed by atoms with E-state index in [1.54, 1.807) is 18.5 Å². The standard InChI is InChI=1S/C15H16FN3O/c16-13-3-1-2-12(4-13)15-5-14(20)9-19(15)8-11-6-17-10-18-7-11/h1-4,6-7,10,14-15,20H,5,8-9H2. The number of nitrogens with zero attached hydrogens (tertiary/aromatic N) is 3. The molecule has 2 unspecified atom stereocenters. The van der Waals surface area contributed by atoms with Crippen molar-refractivity contribution in [2.24, 2.45) is 0 Å². The highest BCUT2D eigenvalue weighted by molar-refractivity contribution is 5.22. The van der Waals surface area contributed by atoms with Crippen LogP contribution in [0.15, 0.2) is 43.0 Å². The van der Waals surface area contributed by atoms with Crippen molar-refractivity contribution < 1.29 is 9.50 Å². The van der Waals surface area contributed by atoms with Crippen LogP contribution in [-0.4, -0.2) is 32.6 Å². The van der Waals surface area contributed by atoms with Crippen molar-refractivity contribution in [3.63, 3.8) is 0 Å². The van der Waals surface area contributed by atoms with Gasteiger partial charge in [0.15, 0.2) is 0 Å². The normalized spacial score (nSPS) is 23.1. The van der Waals surface area contributed by atoms with Crippen molar-refractivity contribution in [1.29, 1.82) is 0 Å². The van der Waals surface area contributed by atoms with Crippen LogP contribution in [0.1, 0.15) is 23.6 Å². The monoisotopic (exact) mass is 273 g/mol. The van der Waals surface area contributed by atoms with E-state index in [0.717, 1.165) is 11.1 Å². The van der Waals surface area contributed by atoms with Crippen molar-refractivity contribution in [3.05, 3.63) is 59.9 Å². The summed E-state index contributed by atoms with van der Waals surface area (Å²) in [6, 6.07) is 6.61. The van der Waals surface area contributed by atoms with Crippen LogP contribution in [-0.2, 0) is 6.54 Å². The molecule has 1 saturated heterocycles. The molecule has 1 fully saturated rings. The van der Waals surface area contributed by atoms with Gasteiger partial charge in [0.1, 0.15) is 12.1 Å². The van der Waals surface area contributed by atoms with E-state index in [-0.39, 0.29) is 18.0 Å². The Bertz CT molecular complexity index is 578. The lowest BCUT2D eigenvalue weighted by Crippen LogP contribution is -2.24. The minimum Gasteiger partial charge on any atom is -0.392 e. The van der Waals surface area contributed by atoms with Gasteiger partial charge in [-0.1, -0.05) is 12.1 Å². The molecule has 0 saturated carbocycles. The van der Waals surface area contributed by atoms with Crippen LogP contribution in [0, 0.1) is 5.82 Å². The van der Waals surface area contributed by atoms with Gasteiger partial charge in [0.05, 0.1) is 6.10 Å². The molecule has 2 aromatic rings. The summed E-state index contributed by atoms with van der Waals surface area (Å²) in [5, 5.41) is 9.91. The Morgan fingerprint density at radius 2 is 2.10 bits per heavy atom. The number of aliphatic hydroxyl groups excluding tert-OH is 1. The second-order valence-electron chi connectivity index (χ2n) is 5.14. The molecular weight excluding hydrogens is 257 g/mol. The van der Waals surface area contributed by atoms with E-state index in [4.69, 9.17) is 0 Å². The molecule has 0 aliphatic carbocycles. The smallest absolute Gasteiger partial charge is 0.123 e. The molecule has 104 valence electrons. The van der Waals surface area contributed by atoms with Crippen molar-refractivity contribution >= 4 is 0 Å². The largest absolute Gasteiger partial charge is 0.392 e. The van der Waals surface area contributed by atoms with Gasteiger partial charge < -0.3 is 5.11 Å². The number of halogens is 1. The Balaban J connectivity index is 1.82. The molecule has 4 nitrogen and oxygen atoms in total. The molecule has 2 heterocycles. The molecule has 1 aromatic carbocycles. The second-order valence-corrected chi connectivity index (χ2v) is 5.14. The first-order chi connectivity index (χ1) is 9.72. The summed E-state index contributed by atoms with van der Waals surface area (Å²) in [6.07, 6.45) is 5.26. The van der Waals surface area contributed by atoms with Gasteiger partial charge in [-0.3, -0.25) is 4.90 Å². The molecule has 1 aromatic heterocycles. The Morgan fingerprint density at radius 3 is 2.85 bits per heavy atom. The topological polar surface area (TPSA) is 49.2 Å². The SMILES string of the molecule is OC1CC(c2cccc(F)c2)N(Cc2cncnc2)C1. The zero-order valence-corrected chi connectivity index (χ0v) is 11.0. The minimum atomic E-state index is -0.382. The van der Waals surface area contributed by atoms with Crippen LogP contribution in [0.25, 0.3) is 0 Å². The van der Waals surface area contributed by atoms with Gasteiger partial charge in [0.2, 0.25) is 0 Å². The third-order valence-corrected chi connectivity index (χ3v) is 3.61. The van der Waals surface area contributed by atoms with Crippen LogP contribution >= 0.6 is 0 Å². The van der Waals surface area contributed by atoms with Crippen LogP contribution in [0.5, 0.6) is 0 Å². The zero-order valence-electron chi connectivity index (χ0n) is 11.0. The number of benzene rings is 1. The van der Waals surface area contributed by atoms with E-state index >= 15 is 0 Å². The van der Waals surface area contributed by atoms with E-state index in [2.05, 4.69) is 14.9 Å². The Kier molecular flexibility index (Phi) is 3.71. The predicted octanol–water partition coefficient (Wildman–Crippen LogP) is 1.92. The summed E-state index contributed by atoms with van der Waals surface area (Å²) in [5.74, 6) is -0.244. The molecule has 1 aliphatic heterocycles. The fraction of sp³-hybridized carbons (Fsp3) is 0.333. The highest BCUT2D eigenvalue weighted by atomic mass is 19.1. The lowest BCUT2D eigenvalue weighted by molar-refractivity contribution is 0.172. The first-order valence-corrected chi connectivity index (χ1v) is 6.64.